The van der Waals surface area contributed by atoms with Gasteiger partial charge in [-0.1, -0.05) is 24.0 Å². The maximum absolute atomic E-state index is 11.7. The van der Waals surface area contributed by atoms with Crippen LogP contribution in [0.2, 0.25) is 0 Å². The molecule has 0 fully saturated rings. The average Bonchev–Trinajstić information content (AvgIpc) is 2.43. The van der Waals surface area contributed by atoms with Crippen LogP contribution < -0.4 is 10.5 Å². The number of nitrogens with one attached hydrogen (secondary N) is 1. The summed E-state index contributed by atoms with van der Waals surface area (Å²) in [6.07, 6.45) is 0. The number of hydrogen-bond donors (Lipinski definition) is 2. The lowest BCUT2D eigenvalue weighted by molar-refractivity contribution is -0.139. The molecule has 0 bridgehead atoms. The Hall–Kier alpha value is -1.88. The van der Waals surface area contributed by atoms with Gasteiger partial charge in [0.15, 0.2) is 5.75 Å². The van der Waals surface area contributed by atoms with Crippen molar-refractivity contribution in [1.29, 1.82) is 0 Å². The van der Waals surface area contributed by atoms with Crippen molar-refractivity contribution in [3.63, 3.8) is 0 Å². The van der Waals surface area contributed by atoms with Gasteiger partial charge in [0, 0.05) is 12.1 Å². The maximum atomic E-state index is 11.7. The molecule has 0 saturated heterocycles. The molecule has 1 rings (SSSR count). The molecule has 0 aliphatic carbocycles. The van der Waals surface area contributed by atoms with Gasteiger partial charge in [-0.25, -0.2) is 13.1 Å². The summed E-state index contributed by atoms with van der Waals surface area (Å²) in [6, 6.07) is 7.10. The van der Waals surface area contributed by atoms with Crippen LogP contribution in [0.5, 0.6) is 0 Å². The second-order valence-electron chi connectivity index (χ2n) is 4.09. The standard InChI is InChI=1S/C14H18N2O4S/c1-2-20-14(17)11-21(18,19)16-10-13-6-3-5-12(9-13)7-4-8-15/h3,5-6,9,16H,2,8,10-11,15H2,1H3. The Morgan fingerprint density at radius 3 is 2.86 bits per heavy atom. The molecule has 3 N–H and O–H groups in total. The number of nitrogens with two attached hydrogens (primary N) is 1. The highest BCUT2D eigenvalue weighted by atomic mass is 32.2. The van der Waals surface area contributed by atoms with Crippen molar-refractivity contribution >= 4 is 16.0 Å². The zero-order valence-corrected chi connectivity index (χ0v) is 12.6. The Bertz CT molecular complexity index is 644. The van der Waals surface area contributed by atoms with Crippen LogP contribution in [0.4, 0.5) is 0 Å². The molecule has 0 amide bonds. The Morgan fingerprint density at radius 2 is 2.19 bits per heavy atom. The smallest absolute Gasteiger partial charge is 0.322 e. The zero-order valence-electron chi connectivity index (χ0n) is 11.8. The Morgan fingerprint density at radius 1 is 1.43 bits per heavy atom. The first-order chi connectivity index (χ1) is 9.96. The van der Waals surface area contributed by atoms with Crippen molar-refractivity contribution in [3.05, 3.63) is 35.4 Å². The van der Waals surface area contributed by atoms with Crippen molar-refractivity contribution in [2.45, 2.75) is 13.5 Å². The first-order valence-corrected chi connectivity index (χ1v) is 8.03. The summed E-state index contributed by atoms with van der Waals surface area (Å²) in [6.45, 7) is 2.11. The van der Waals surface area contributed by atoms with Gasteiger partial charge in [-0.3, -0.25) is 4.79 Å². The molecule has 21 heavy (non-hydrogen) atoms. The molecule has 0 unspecified atom stereocenters. The molecule has 6 nitrogen and oxygen atoms in total. The van der Waals surface area contributed by atoms with Gasteiger partial charge >= 0.3 is 5.97 Å². The molecule has 0 aliphatic heterocycles. The van der Waals surface area contributed by atoms with E-state index in [2.05, 4.69) is 21.3 Å². The maximum Gasteiger partial charge on any atom is 0.322 e. The molecule has 0 atom stereocenters. The summed E-state index contributed by atoms with van der Waals surface area (Å²) < 4.78 is 30.3. The van der Waals surface area contributed by atoms with E-state index in [4.69, 9.17) is 5.73 Å². The second-order valence-corrected chi connectivity index (χ2v) is 5.90. The third-order valence-electron chi connectivity index (χ3n) is 2.37. The Balaban J connectivity index is 2.64. The Kier molecular flexibility index (Phi) is 6.88. The van der Waals surface area contributed by atoms with Crippen molar-refractivity contribution in [2.24, 2.45) is 5.73 Å². The lowest BCUT2D eigenvalue weighted by Crippen LogP contribution is -2.30. The predicted molar refractivity (Wildman–Crippen MR) is 79.6 cm³/mol. The van der Waals surface area contributed by atoms with Crippen molar-refractivity contribution in [2.75, 3.05) is 18.9 Å². The van der Waals surface area contributed by atoms with Crippen molar-refractivity contribution in [3.8, 4) is 11.8 Å². The predicted octanol–water partition coefficient (Wildman–Crippen LogP) is -0.0207. The number of sulfonamides is 1. The van der Waals surface area contributed by atoms with Gasteiger partial charge < -0.3 is 10.5 Å². The zero-order chi connectivity index (χ0) is 15.7. The van der Waals surface area contributed by atoms with Crippen LogP contribution in [0.25, 0.3) is 0 Å². The van der Waals surface area contributed by atoms with Gasteiger partial charge in [0.05, 0.1) is 13.2 Å². The van der Waals surface area contributed by atoms with Gasteiger partial charge in [0.1, 0.15) is 0 Å². The van der Waals surface area contributed by atoms with E-state index in [0.717, 1.165) is 11.1 Å². The number of rotatable bonds is 6. The van der Waals surface area contributed by atoms with Gasteiger partial charge in [-0.05, 0) is 24.6 Å². The molecule has 0 aromatic heterocycles. The molecule has 114 valence electrons. The molecule has 7 heteroatoms. The lowest BCUT2D eigenvalue weighted by Gasteiger charge is -2.07. The number of carbonyl (C=O) groups is 1. The molecule has 0 saturated carbocycles. The highest BCUT2D eigenvalue weighted by Crippen LogP contribution is 2.04. The van der Waals surface area contributed by atoms with E-state index < -0.39 is 21.7 Å². The normalized spacial score (nSPS) is 10.6. The van der Waals surface area contributed by atoms with Crippen LogP contribution in [-0.2, 0) is 26.1 Å². The van der Waals surface area contributed by atoms with E-state index in [1.54, 1.807) is 31.2 Å². The topological polar surface area (TPSA) is 98.5 Å². The molecular weight excluding hydrogens is 292 g/mol. The van der Waals surface area contributed by atoms with E-state index >= 15 is 0 Å². The minimum absolute atomic E-state index is 0.0832. The quantitative estimate of drug-likeness (QED) is 0.568. The Labute approximate surface area is 124 Å². The third kappa shape index (κ3) is 6.90. The van der Waals surface area contributed by atoms with Crippen LogP contribution >= 0.6 is 0 Å². The van der Waals surface area contributed by atoms with Crippen LogP contribution in [-0.4, -0.2) is 33.3 Å². The van der Waals surface area contributed by atoms with E-state index in [1.165, 1.54) is 0 Å². The number of carbonyl (C=O) groups excluding carboxylic acids is 1. The van der Waals surface area contributed by atoms with Crippen molar-refractivity contribution < 1.29 is 17.9 Å². The molecule has 1 aromatic rings. The number of hydrogen-bond acceptors (Lipinski definition) is 5. The van der Waals surface area contributed by atoms with E-state index in [-0.39, 0.29) is 19.7 Å². The average molecular weight is 310 g/mol. The first-order valence-electron chi connectivity index (χ1n) is 6.37. The SMILES string of the molecule is CCOC(=O)CS(=O)(=O)NCc1cccc(C#CCN)c1. The third-order valence-corrected chi connectivity index (χ3v) is 3.57. The number of ether oxygens (including phenoxy) is 1. The fourth-order valence-corrected chi connectivity index (χ4v) is 2.40. The van der Waals surface area contributed by atoms with Crippen LogP contribution in [0, 0.1) is 11.8 Å². The second kappa shape index (κ2) is 8.42. The largest absolute Gasteiger partial charge is 0.465 e. The summed E-state index contributed by atoms with van der Waals surface area (Å²) in [7, 11) is -3.71. The van der Waals surface area contributed by atoms with E-state index in [0.29, 0.717) is 0 Å². The highest BCUT2D eigenvalue weighted by molar-refractivity contribution is 7.90. The monoisotopic (exact) mass is 310 g/mol. The summed E-state index contributed by atoms with van der Waals surface area (Å²) in [4.78, 5) is 11.2. The molecule has 1 aromatic carbocycles. The lowest BCUT2D eigenvalue weighted by atomic mass is 10.1. The minimum atomic E-state index is -3.71. The molecular formula is C14H18N2O4S. The summed E-state index contributed by atoms with van der Waals surface area (Å²) in [5, 5.41) is 0. The summed E-state index contributed by atoms with van der Waals surface area (Å²) >= 11 is 0. The van der Waals surface area contributed by atoms with Gasteiger partial charge in [-0.15, -0.1) is 0 Å². The van der Waals surface area contributed by atoms with Crippen LogP contribution in [0.3, 0.4) is 0 Å². The first kappa shape index (κ1) is 17.2. The van der Waals surface area contributed by atoms with Crippen LogP contribution in [0.15, 0.2) is 24.3 Å². The van der Waals surface area contributed by atoms with E-state index in [1.807, 2.05) is 0 Å². The fourth-order valence-electron chi connectivity index (χ4n) is 1.51. The molecule has 0 heterocycles. The molecule has 0 spiro atoms. The molecule has 0 aliphatic rings. The van der Waals surface area contributed by atoms with Gasteiger partial charge in [0.25, 0.3) is 0 Å². The fraction of sp³-hybridized carbons (Fsp3) is 0.357. The van der Waals surface area contributed by atoms with Gasteiger partial charge in [-0.2, -0.15) is 0 Å². The number of esters is 1. The van der Waals surface area contributed by atoms with Gasteiger partial charge in [0.2, 0.25) is 10.0 Å². The summed E-state index contributed by atoms with van der Waals surface area (Å²) in [5.41, 5.74) is 6.79. The van der Waals surface area contributed by atoms with Crippen molar-refractivity contribution in [1.82, 2.24) is 4.72 Å². The van der Waals surface area contributed by atoms with Crippen LogP contribution in [0.1, 0.15) is 18.1 Å². The minimum Gasteiger partial charge on any atom is -0.465 e. The highest BCUT2D eigenvalue weighted by Gasteiger charge is 2.16. The summed E-state index contributed by atoms with van der Waals surface area (Å²) in [5.74, 6) is 4.13. The van der Waals surface area contributed by atoms with E-state index in [9.17, 15) is 13.2 Å². The number of benzene rings is 1. The molecule has 0 radical (unpaired) electrons.